The van der Waals surface area contributed by atoms with E-state index in [4.69, 9.17) is 17.3 Å². The lowest BCUT2D eigenvalue weighted by Crippen LogP contribution is -2.33. The highest BCUT2D eigenvalue weighted by Gasteiger charge is 2.20. The molecule has 0 aromatic carbocycles. The van der Waals surface area contributed by atoms with Crippen molar-refractivity contribution in [2.24, 2.45) is 24.6 Å². The van der Waals surface area contributed by atoms with Crippen LogP contribution in [0.4, 0.5) is 0 Å². The third-order valence-corrected chi connectivity index (χ3v) is 3.91. The second-order valence-corrected chi connectivity index (χ2v) is 5.31. The van der Waals surface area contributed by atoms with Crippen molar-refractivity contribution in [3.05, 3.63) is 16.4 Å². The van der Waals surface area contributed by atoms with Crippen LogP contribution in [-0.2, 0) is 13.5 Å². The molecule has 0 amide bonds. The number of rotatable bonds is 4. The zero-order valence-corrected chi connectivity index (χ0v) is 11.5. The third-order valence-electron chi connectivity index (χ3n) is 3.44. The maximum Gasteiger partial charge on any atom is 0.130 e. The summed E-state index contributed by atoms with van der Waals surface area (Å²) >= 11 is 6.19. The lowest BCUT2D eigenvalue weighted by atomic mass is 9.87. The van der Waals surface area contributed by atoms with Gasteiger partial charge in [0, 0.05) is 18.7 Å². The molecule has 0 bridgehead atoms. The predicted molar refractivity (Wildman–Crippen MR) is 68.6 cm³/mol. The summed E-state index contributed by atoms with van der Waals surface area (Å²) < 4.78 is 1.71. The van der Waals surface area contributed by atoms with Gasteiger partial charge < -0.3 is 5.73 Å². The van der Waals surface area contributed by atoms with Crippen LogP contribution in [0, 0.1) is 18.8 Å². The van der Waals surface area contributed by atoms with Crippen LogP contribution in [-0.4, -0.2) is 15.8 Å². The number of hydrogen-bond acceptors (Lipinski definition) is 2. The van der Waals surface area contributed by atoms with Crippen molar-refractivity contribution in [3.8, 4) is 0 Å². The molecule has 0 saturated heterocycles. The van der Waals surface area contributed by atoms with E-state index in [-0.39, 0.29) is 6.04 Å². The van der Waals surface area contributed by atoms with Crippen LogP contribution in [0.1, 0.15) is 32.0 Å². The molecule has 0 aliphatic heterocycles. The van der Waals surface area contributed by atoms with E-state index < -0.39 is 0 Å². The molecule has 2 atom stereocenters. The molecule has 16 heavy (non-hydrogen) atoms. The van der Waals surface area contributed by atoms with Gasteiger partial charge in [-0.05, 0) is 25.2 Å². The number of aryl methyl sites for hydroxylation is 2. The maximum absolute atomic E-state index is 6.20. The van der Waals surface area contributed by atoms with Gasteiger partial charge in [-0.3, -0.25) is 4.68 Å². The van der Waals surface area contributed by atoms with E-state index in [0.717, 1.165) is 17.7 Å². The molecular weight excluding hydrogens is 222 g/mol. The van der Waals surface area contributed by atoms with Gasteiger partial charge in [-0.15, -0.1) is 0 Å². The SMILES string of the molecule is Cc1nn(C)c(Cl)c1CC(N)C(C)C(C)C. The first kappa shape index (κ1) is 13.5. The summed E-state index contributed by atoms with van der Waals surface area (Å²) in [7, 11) is 1.86. The number of halogens is 1. The number of nitrogens with zero attached hydrogens (tertiary/aromatic N) is 2. The summed E-state index contributed by atoms with van der Waals surface area (Å²) in [6.45, 7) is 8.56. The van der Waals surface area contributed by atoms with E-state index in [9.17, 15) is 0 Å². The minimum absolute atomic E-state index is 0.139. The second kappa shape index (κ2) is 5.19. The largest absolute Gasteiger partial charge is 0.327 e. The van der Waals surface area contributed by atoms with E-state index in [1.807, 2.05) is 14.0 Å². The van der Waals surface area contributed by atoms with Crippen molar-refractivity contribution in [1.29, 1.82) is 0 Å². The summed E-state index contributed by atoms with van der Waals surface area (Å²) in [5.74, 6) is 1.07. The lowest BCUT2D eigenvalue weighted by Gasteiger charge is -2.23. The Bertz CT molecular complexity index is 357. The molecule has 0 fully saturated rings. The van der Waals surface area contributed by atoms with E-state index in [1.54, 1.807) is 4.68 Å². The molecule has 0 aliphatic carbocycles. The first-order chi connectivity index (χ1) is 7.34. The first-order valence-corrected chi connectivity index (χ1v) is 6.16. The van der Waals surface area contributed by atoms with Gasteiger partial charge in [-0.1, -0.05) is 32.4 Å². The van der Waals surface area contributed by atoms with Gasteiger partial charge in [-0.2, -0.15) is 5.10 Å². The molecule has 2 unspecified atom stereocenters. The Balaban J connectivity index is 2.80. The van der Waals surface area contributed by atoms with Crippen LogP contribution < -0.4 is 5.73 Å². The number of nitrogens with two attached hydrogens (primary N) is 1. The van der Waals surface area contributed by atoms with Crippen LogP contribution in [0.15, 0.2) is 0 Å². The topological polar surface area (TPSA) is 43.8 Å². The summed E-state index contributed by atoms with van der Waals surface area (Å²) in [5.41, 5.74) is 8.27. The van der Waals surface area contributed by atoms with Gasteiger partial charge in [0.15, 0.2) is 0 Å². The second-order valence-electron chi connectivity index (χ2n) is 4.95. The van der Waals surface area contributed by atoms with Gasteiger partial charge in [-0.25, -0.2) is 0 Å². The zero-order valence-electron chi connectivity index (χ0n) is 10.8. The van der Waals surface area contributed by atoms with Gasteiger partial charge in [0.05, 0.1) is 5.69 Å². The van der Waals surface area contributed by atoms with Crippen molar-refractivity contribution in [1.82, 2.24) is 9.78 Å². The van der Waals surface area contributed by atoms with E-state index >= 15 is 0 Å². The van der Waals surface area contributed by atoms with Crippen molar-refractivity contribution in [3.63, 3.8) is 0 Å². The quantitative estimate of drug-likeness (QED) is 0.883. The molecule has 0 spiro atoms. The normalized spacial score (nSPS) is 15.5. The highest BCUT2D eigenvalue weighted by molar-refractivity contribution is 6.30. The average molecular weight is 244 g/mol. The van der Waals surface area contributed by atoms with Crippen molar-refractivity contribution >= 4 is 11.6 Å². The summed E-state index contributed by atoms with van der Waals surface area (Å²) in [6.07, 6.45) is 0.803. The van der Waals surface area contributed by atoms with Crippen LogP contribution >= 0.6 is 11.6 Å². The molecule has 2 N–H and O–H groups in total. The molecule has 1 heterocycles. The molecule has 1 aromatic rings. The minimum Gasteiger partial charge on any atom is -0.327 e. The molecule has 0 aliphatic rings. The Morgan fingerprint density at radius 1 is 1.38 bits per heavy atom. The molecular formula is C12H22ClN3. The highest BCUT2D eigenvalue weighted by atomic mass is 35.5. The molecule has 3 nitrogen and oxygen atoms in total. The number of hydrogen-bond donors (Lipinski definition) is 1. The van der Waals surface area contributed by atoms with Crippen molar-refractivity contribution in [2.45, 2.75) is 40.2 Å². The van der Waals surface area contributed by atoms with Crippen LogP contribution in [0.2, 0.25) is 5.15 Å². The Hall–Kier alpha value is -0.540. The van der Waals surface area contributed by atoms with Crippen molar-refractivity contribution < 1.29 is 0 Å². The van der Waals surface area contributed by atoms with Gasteiger partial charge >= 0.3 is 0 Å². The van der Waals surface area contributed by atoms with Gasteiger partial charge in [0.2, 0.25) is 0 Å². The van der Waals surface area contributed by atoms with E-state index in [1.165, 1.54) is 0 Å². The zero-order chi connectivity index (χ0) is 12.5. The van der Waals surface area contributed by atoms with Gasteiger partial charge in [0.1, 0.15) is 5.15 Å². The van der Waals surface area contributed by atoms with Crippen LogP contribution in [0.5, 0.6) is 0 Å². The Morgan fingerprint density at radius 3 is 2.31 bits per heavy atom. The fourth-order valence-corrected chi connectivity index (χ4v) is 2.07. The van der Waals surface area contributed by atoms with Gasteiger partial charge in [0.25, 0.3) is 0 Å². The highest BCUT2D eigenvalue weighted by Crippen LogP contribution is 2.23. The molecule has 92 valence electrons. The van der Waals surface area contributed by atoms with E-state index in [2.05, 4.69) is 25.9 Å². The van der Waals surface area contributed by atoms with E-state index in [0.29, 0.717) is 17.0 Å². The van der Waals surface area contributed by atoms with Crippen molar-refractivity contribution in [2.75, 3.05) is 0 Å². The number of aromatic nitrogens is 2. The summed E-state index contributed by atoms with van der Waals surface area (Å²) in [4.78, 5) is 0. The molecule has 0 radical (unpaired) electrons. The predicted octanol–water partition coefficient (Wildman–Crippen LogP) is 2.54. The molecule has 1 aromatic heterocycles. The molecule has 1 rings (SSSR count). The fraction of sp³-hybridized carbons (Fsp3) is 0.750. The Labute approximate surface area is 103 Å². The Kier molecular flexibility index (Phi) is 4.39. The lowest BCUT2D eigenvalue weighted by molar-refractivity contribution is 0.344. The summed E-state index contributed by atoms with van der Waals surface area (Å²) in [6, 6.07) is 0.139. The fourth-order valence-electron chi connectivity index (χ4n) is 1.82. The molecule has 4 heteroatoms. The molecule has 0 saturated carbocycles. The van der Waals surface area contributed by atoms with Crippen LogP contribution in [0.3, 0.4) is 0 Å². The average Bonchev–Trinajstić information content (AvgIpc) is 2.43. The monoisotopic (exact) mass is 243 g/mol. The third kappa shape index (κ3) is 2.77. The summed E-state index contributed by atoms with van der Waals surface area (Å²) in [5, 5.41) is 5.01. The first-order valence-electron chi connectivity index (χ1n) is 5.78. The smallest absolute Gasteiger partial charge is 0.130 e. The van der Waals surface area contributed by atoms with Crippen LogP contribution in [0.25, 0.3) is 0 Å². The standard InChI is InChI=1S/C12H22ClN3/c1-7(2)8(3)11(14)6-10-9(4)15-16(5)12(10)13/h7-8,11H,6,14H2,1-5H3. The Morgan fingerprint density at radius 2 is 1.94 bits per heavy atom. The minimum atomic E-state index is 0.139. The maximum atomic E-state index is 6.20.